The predicted molar refractivity (Wildman–Crippen MR) is 138 cm³/mol. The molecule has 1 saturated heterocycles. The molecule has 7 rings (SSSR count). The molecule has 2 aromatic carbocycles. The van der Waals surface area contributed by atoms with E-state index in [-0.39, 0.29) is 5.60 Å². The molecule has 0 N–H and O–H groups in total. The maximum absolute atomic E-state index is 6.44. The van der Waals surface area contributed by atoms with E-state index in [0.29, 0.717) is 13.2 Å². The molecule has 3 aliphatic rings. The van der Waals surface area contributed by atoms with Gasteiger partial charge in [-0.2, -0.15) is 0 Å². The summed E-state index contributed by atoms with van der Waals surface area (Å²) in [5.74, 6) is 1.83. The number of pyridine rings is 1. The van der Waals surface area contributed by atoms with Crippen molar-refractivity contribution in [3.8, 4) is 5.69 Å². The lowest BCUT2D eigenvalue weighted by atomic mass is 9.84. The first-order valence-corrected chi connectivity index (χ1v) is 12.9. The van der Waals surface area contributed by atoms with Gasteiger partial charge in [-0.1, -0.05) is 41.9 Å². The third kappa shape index (κ3) is 3.70. The number of aromatic nitrogens is 4. The van der Waals surface area contributed by atoms with Crippen molar-refractivity contribution < 1.29 is 4.74 Å². The summed E-state index contributed by atoms with van der Waals surface area (Å²) in [6, 6.07) is 20.8. The molecule has 7 nitrogen and oxygen atoms in total. The molecule has 1 fully saturated rings. The van der Waals surface area contributed by atoms with Gasteiger partial charge >= 0.3 is 0 Å². The van der Waals surface area contributed by atoms with Gasteiger partial charge in [0.25, 0.3) is 0 Å². The molecule has 0 radical (unpaired) electrons. The SMILES string of the molecule is Clc1ccc2c(c1)CN(Cc1ccccn1)Cc1nnc(N3CCC4(CC3)OCc3ccccc34)n1-2. The Bertz CT molecular complexity index is 1410. The van der Waals surface area contributed by atoms with Gasteiger partial charge in [0.05, 0.1) is 30.1 Å². The lowest BCUT2D eigenvalue weighted by Gasteiger charge is -2.39. The molecular formula is C28H27ClN6O. The van der Waals surface area contributed by atoms with Crippen LogP contribution in [0.5, 0.6) is 0 Å². The minimum absolute atomic E-state index is 0.181. The zero-order valence-electron chi connectivity index (χ0n) is 20.0. The molecular weight excluding hydrogens is 472 g/mol. The van der Waals surface area contributed by atoms with Crippen LogP contribution in [0.4, 0.5) is 5.95 Å². The number of anilines is 1. The van der Waals surface area contributed by atoms with Gasteiger partial charge in [-0.05, 0) is 59.9 Å². The van der Waals surface area contributed by atoms with E-state index in [4.69, 9.17) is 21.4 Å². The van der Waals surface area contributed by atoms with Gasteiger partial charge in [-0.25, -0.2) is 0 Å². The first-order valence-electron chi connectivity index (χ1n) is 12.5. The van der Waals surface area contributed by atoms with Crippen LogP contribution in [0.1, 0.15) is 41.1 Å². The third-order valence-electron chi connectivity index (χ3n) is 7.73. The van der Waals surface area contributed by atoms with Gasteiger partial charge in [0, 0.05) is 37.4 Å². The Balaban J connectivity index is 1.20. The fourth-order valence-electron chi connectivity index (χ4n) is 5.96. The molecule has 36 heavy (non-hydrogen) atoms. The first kappa shape index (κ1) is 22.0. The molecule has 4 aromatic rings. The van der Waals surface area contributed by atoms with Crippen LogP contribution in [0.3, 0.4) is 0 Å². The number of benzene rings is 2. The van der Waals surface area contributed by atoms with Crippen LogP contribution in [-0.2, 0) is 36.6 Å². The zero-order chi connectivity index (χ0) is 24.1. The minimum atomic E-state index is -0.181. The Hall–Kier alpha value is -3.26. The number of halogens is 1. The van der Waals surface area contributed by atoms with Gasteiger partial charge in [-0.15, -0.1) is 10.2 Å². The van der Waals surface area contributed by atoms with Gasteiger partial charge in [0.1, 0.15) is 0 Å². The topological polar surface area (TPSA) is 59.3 Å². The fraction of sp³-hybridized carbons (Fsp3) is 0.321. The van der Waals surface area contributed by atoms with E-state index in [0.717, 1.165) is 67.2 Å². The second kappa shape index (κ2) is 8.69. The monoisotopic (exact) mass is 498 g/mol. The normalized spacial score (nSPS) is 18.5. The molecule has 0 saturated carbocycles. The molecule has 0 aliphatic carbocycles. The van der Waals surface area contributed by atoms with E-state index in [1.807, 2.05) is 24.4 Å². The average Bonchev–Trinajstić information content (AvgIpc) is 3.43. The highest BCUT2D eigenvalue weighted by Gasteiger charge is 2.43. The summed E-state index contributed by atoms with van der Waals surface area (Å²) >= 11 is 6.44. The highest BCUT2D eigenvalue weighted by atomic mass is 35.5. The van der Waals surface area contributed by atoms with Gasteiger partial charge in [0.15, 0.2) is 5.82 Å². The Morgan fingerprint density at radius 1 is 0.917 bits per heavy atom. The molecule has 0 amide bonds. The van der Waals surface area contributed by atoms with Crippen molar-refractivity contribution in [2.75, 3.05) is 18.0 Å². The standard InChI is InChI=1S/C28H27ClN6O/c29-22-8-9-25-21(15-22)16-33(17-23-6-3-4-12-30-23)18-26-31-32-27(35(25)26)34-13-10-28(11-14-34)24-7-2-1-5-20(24)19-36-28/h1-9,12,15H,10-11,13-14,16-19H2. The van der Waals surface area contributed by atoms with E-state index in [1.54, 1.807) is 0 Å². The number of rotatable bonds is 3. The van der Waals surface area contributed by atoms with Crippen LogP contribution in [0.15, 0.2) is 66.9 Å². The van der Waals surface area contributed by atoms with Gasteiger partial charge < -0.3 is 9.64 Å². The molecule has 2 aromatic heterocycles. The first-order chi connectivity index (χ1) is 17.7. The number of ether oxygens (including phenoxy) is 1. The quantitative estimate of drug-likeness (QED) is 0.402. The van der Waals surface area contributed by atoms with Gasteiger partial charge in [0.2, 0.25) is 5.95 Å². The van der Waals surface area contributed by atoms with Crippen LogP contribution in [0, 0.1) is 0 Å². The van der Waals surface area contributed by atoms with Crippen molar-refractivity contribution in [3.05, 3.63) is 100 Å². The lowest BCUT2D eigenvalue weighted by molar-refractivity contribution is -0.0553. The number of fused-ring (bicyclic) bond motifs is 5. The number of piperidine rings is 1. The predicted octanol–water partition coefficient (Wildman–Crippen LogP) is 4.86. The summed E-state index contributed by atoms with van der Waals surface area (Å²) in [7, 11) is 0. The van der Waals surface area contributed by atoms with Crippen molar-refractivity contribution in [2.45, 2.75) is 44.7 Å². The van der Waals surface area contributed by atoms with Crippen LogP contribution in [0.25, 0.3) is 5.69 Å². The smallest absolute Gasteiger partial charge is 0.231 e. The molecule has 182 valence electrons. The van der Waals surface area contributed by atoms with Gasteiger partial charge in [-0.3, -0.25) is 14.5 Å². The lowest BCUT2D eigenvalue weighted by Crippen LogP contribution is -2.43. The summed E-state index contributed by atoms with van der Waals surface area (Å²) in [5.41, 5.74) is 5.79. The third-order valence-corrected chi connectivity index (χ3v) is 7.97. The Labute approximate surface area is 215 Å². The fourth-order valence-corrected chi connectivity index (χ4v) is 6.15. The molecule has 0 atom stereocenters. The van der Waals surface area contributed by atoms with Crippen molar-refractivity contribution in [2.24, 2.45) is 0 Å². The van der Waals surface area contributed by atoms with Crippen molar-refractivity contribution in [1.82, 2.24) is 24.6 Å². The van der Waals surface area contributed by atoms with E-state index < -0.39 is 0 Å². The van der Waals surface area contributed by atoms with Crippen LogP contribution in [0.2, 0.25) is 5.02 Å². The molecule has 8 heteroatoms. The summed E-state index contributed by atoms with van der Waals surface area (Å²) < 4.78 is 8.62. The maximum atomic E-state index is 6.44. The Morgan fingerprint density at radius 2 is 1.78 bits per heavy atom. The van der Waals surface area contributed by atoms with Crippen LogP contribution < -0.4 is 4.90 Å². The highest BCUT2D eigenvalue weighted by Crippen LogP contribution is 2.45. The summed E-state index contributed by atoms with van der Waals surface area (Å²) in [6.45, 7) is 4.63. The molecule has 1 spiro atoms. The summed E-state index contributed by atoms with van der Waals surface area (Å²) in [4.78, 5) is 9.24. The summed E-state index contributed by atoms with van der Waals surface area (Å²) in [6.07, 6.45) is 3.71. The Morgan fingerprint density at radius 3 is 2.64 bits per heavy atom. The van der Waals surface area contributed by atoms with Crippen molar-refractivity contribution in [3.63, 3.8) is 0 Å². The summed E-state index contributed by atoms with van der Waals surface area (Å²) in [5, 5.41) is 10.1. The Kier molecular flexibility index (Phi) is 5.31. The molecule has 5 heterocycles. The van der Waals surface area contributed by atoms with E-state index >= 15 is 0 Å². The average molecular weight is 499 g/mol. The molecule has 0 unspecified atom stereocenters. The van der Waals surface area contributed by atoms with E-state index in [9.17, 15) is 0 Å². The number of hydrogen-bond acceptors (Lipinski definition) is 6. The maximum Gasteiger partial charge on any atom is 0.231 e. The minimum Gasteiger partial charge on any atom is -0.365 e. The van der Waals surface area contributed by atoms with Crippen LogP contribution >= 0.6 is 11.6 Å². The van der Waals surface area contributed by atoms with E-state index in [2.05, 4.69) is 66.9 Å². The zero-order valence-corrected chi connectivity index (χ0v) is 20.7. The van der Waals surface area contributed by atoms with E-state index in [1.165, 1.54) is 16.7 Å². The largest absolute Gasteiger partial charge is 0.365 e. The molecule has 3 aliphatic heterocycles. The highest BCUT2D eigenvalue weighted by molar-refractivity contribution is 6.30. The molecule has 0 bridgehead atoms. The van der Waals surface area contributed by atoms with Crippen molar-refractivity contribution in [1.29, 1.82) is 0 Å². The number of hydrogen-bond donors (Lipinski definition) is 0. The van der Waals surface area contributed by atoms with Crippen LogP contribution in [-0.4, -0.2) is 37.7 Å². The second-order valence-corrected chi connectivity index (χ2v) is 10.4. The second-order valence-electron chi connectivity index (χ2n) is 9.92. The van der Waals surface area contributed by atoms with Crippen molar-refractivity contribution >= 4 is 17.5 Å². The number of nitrogens with zero attached hydrogens (tertiary/aromatic N) is 6.